The van der Waals surface area contributed by atoms with E-state index in [1.165, 1.54) is 6.07 Å². The Kier molecular flexibility index (Phi) is 9.32. The summed E-state index contributed by atoms with van der Waals surface area (Å²) in [7, 11) is 0. The SMILES string of the molecule is FCCCN1CCC(Oc2ccc(C3=C(c4ccc(SC(F)F)cc4)CCCc4c3ccc(OF)c4F)cc2)C1. The summed E-state index contributed by atoms with van der Waals surface area (Å²) in [6.07, 6.45) is 3.05. The lowest BCUT2D eigenvalue weighted by Gasteiger charge is -2.19. The maximum atomic E-state index is 15.2. The molecule has 0 aromatic heterocycles. The molecular formula is C31H30F5NO2S. The van der Waals surface area contributed by atoms with Crippen LogP contribution < -0.4 is 9.68 Å². The van der Waals surface area contributed by atoms with Gasteiger partial charge in [-0.25, -0.2) is 4.39 Å². The molecule has 3 aromatic carbocycles. The number of hydrogen-bond acceptors (Lipinski definition) is 4. The molecule has 0 N–H and O–H groups in total. The summed E-state index contributed by atoms with van der Waals surface area (Å²) in [6.45, 7) is 2.03. The van der Waals surface area contributed by atoms with Gasteiger partial charge in [0.25, 0.3) is 5.76 Å². The lowest BCUT2D eigenvalue weighted by molar-refractivity contribution is -0.0108. The second kappa shape index (κ2) is 13.1. The van der Waals surface area contributed by atoms with Crippen molar-refractivity contribution in [1.82, 2.24) is 4.90 Å². The highest BCUT2D eigenvalue weighted by Crippen LogP contribution is 2.43. The standard InChI is InChI=1S/C31H30F5NO2S/c32-16-2-17-37-18-15-23(19-37)38-22-9-5-21(6-10-22)29-25(20-7-11-24(12-8-20)40-31(34)35)3-1-4-27-26(29)13-14-28(39-36)30(27)33/h5-14,23,31H,1-4,15-19H2. The molecule has 0 spiro atoms. The third-order valence-electron chi connectivity index (χ3n) is 7.43. The van der Waals surface area contributed by atoms with Crippen LogP contribution >= 0.6 is 11.8 Å². The number of hydrogen-bond donors (Lipinski definition) is 0. The fourth-order valence-corrected chi connectivity index (χ4v) is 6.09. The molecule has 5 rings (SSSR count). The van der Waals surface area contributed by atoms with Crippen molar-refractivity contribution in [3.8, 4) is 11.5 Å². The van der Waals surface area contributed by atoms with Crippen LogP contribution in [0.1, 0.15) is 47.9 Å². The smallest absolute Gasteiger partial charge is 0.288 e. The molecule has 0 bridgehead atoms. The van der Waals surface area contributed by atoms with Crippen LogP contribution in [0, 0.1) is 5.82 Å². The zero-order chi connectivity index (χ0) is 28.1. The molecule has 1 aliphatic heterocycles. The Labute approximate surface area is 234 Å². The van der Waals surface area contributed by atoms with Crippen LogP contribution in [0.2, 0.25) is 0 Å². The molecule has 40 heavy (non-hydrogen) atoms. The Morgan fingerprint density at radius 2 is 1.70 bits per heavy atom. The highest BCUT2D eigenvalue weighted by molar-refractivity contribution is 7.99. The number of halogens is 5. The van der Waals surface area contributed by atoms with Crippen LogP contribution in [0.4, 0.5) is 22.1 Å². The Morgan fingerprint density at radius 1 is 0.950 bits per heavy atom. The molecule has 1 heterocycles. The molecule has 212 valence electrons. The lowest BCUT2D eigenvalue weighted by atomic mass is 9.87. The molecule has 2 aliphatic rings. The van der Waals surface area contributed by atoms with E-state index in [-0.39, 0.29) is 12.8 Å². The summed E-state index contributed by atoms with van der Waals surface area (Å²) < 4.78 is 72.7. The van der Waals surface area contributed by atoms with E-state index < -0.39 is 17.3 Å². The van der Waals surface area contributed by atoms with Gasteiger partial charge >= 0.3 is 0 Å². The normalized spacial score (nSPS) is 17.7. The number of alkyl halides is 3. The van der Waals surface area contributed by atoms with Crippen LogP contribution in [-0.2, 0) is 6.42 Å². The zero-order valence-corrected chi connectivity index (χ0v) is 22.7. The zero-order valence-electron chi connectivity index (χ0n) is 21.9. The molecule has 0 saturated carbocycles. The van der Waals surface area contributed by atoms with Crippen LogP contribution in [0.15, 0.2) is 65.6 Å². The van der Waals surface area contributed by atoms with Gasteiger partial charge < -0.3 is 4.74 Å². The second-order valence-corrected chi connectivity index (χ2v) is 11.1. The van der Waals surface area contributed by atoms with Gasteiger partial charge in [-0.2, -0.15) is 8.78 Å². The molecule has 1 atom stereocenters. The van der Waals surface area contributed by atoms with Crippen molar-refractivity contribution >= 4 is 22.9 Å². The quantitative estimate of drug-likeness (QED) is 0.178. The monoisotopic (exact) mass is 575 g/mol. The van der Waals surface area contributed by atoms with Gasteiger partial charge in [0.1, 0.15) is 11.9 Å². The van der Waals surface area contributed by atoms with Crippen molar-refractivity contribution in [2.75, 3.05) is 26.3 Å². The summed E-state index contributed by atoms with van der Waals surface area (Å²) in [4.78, 5) is 6.43. The Morgan fingerprint density at radius 3 is 2.40 bits per heavy atom. The average Bonchev–Trinajstić information content (AvgIpc) is 3.30. The van der Waals surface area contributed by atoms with Gasteiger partial charge in [0.15, 0.2) is 5.82 Å². The largest absolute Gasteiger partial charge is 0.489 e. The van der Waals surface area contributed by atoms with Crippen LogP contribution in [0.25, 0.3) is 11.1 Å². The fraction of sp³-hybridized carbons (Fsp3) is 0.355. The molecule has 1 unspecified atom stereocenters. The summed E-state index contributed by atoms with van der Waals surface area (Å²) in [5, 5.41) is 0. The number of thioether (sulfide) groups is 1. The molecule has 3 aromatic rings. The van der Waals surface area contributed by atoms with E-state index in [9.17, 15) is 17.7 Å². The van der Waals surface area contributed by atoms with Crippen molar-refractivity contribution in [1.29, 1.82) is 0 Å². The summed E-state index contributed by atoms with van der Waals surface area (Å²) >= 11 is 0.486. The van der Waals surface area contributed by atoms with Gasteiger partial charge in [-0.15, -0.1) is 0 Å². The van der Waals surface area contributed by atoms with Gasteiger partial charge in [0, 0.05) is 29.1 Å². The second-order valence-electron chi connectivity index (χ2n) is 9.99. The van der Waals surface area contributed by atoms with E-state index in [2.05, 4.69) is 9.84 Å². The minimum Gasteiger partial charge on any atom is -0.489 e. The molecule has 0 radical (unpaired) electrons. The predicted octanol–water partition coefficient (Wildman–Crippen LogP) is 8.51. The summed E-state index contributed by atoms with van der Waals surface area (Å²) in [5.74, 6) is -2.97. The van der Waals surface area contributed by atoms with E-state index in [1.54, 1.807) is 18.2 Å². The first-order valence-electron chi connectivity index (χ1n) is 13.4. The van der Waals surface area contributed by atoms with Gasteiger partial charge in [-0.05, 0) is 95.8 Å². The number of ether oxygens (including phenoxy) is 1. The minimum absolute atomic E-state index is 0.0247. The predicted molar refractivity (Wildman–Crippen MR) is 148 cm³/mol. The number of likely N-dealkylation sites (tertiary alicyclic amines) is 1. The van der Waals surface area contributed by atoms with Crippen LogP contribution in [0.5, 0.6) is 11.5 Å². The average molecular weight is 576 g/mol. The third-order valence-corrected chi connectivity index (χ3v) is 8.15. The summed E-state index contributed by atoms with van der Waals surface area (Å²) in [6, 6.07) is 17.5. The van der Waals surface area contributed by atoms with E-state index in [0.29, 0.717) is 59.2 Å². The first-order chi connectivity index (χ1) is 19.5. The maximum absolute atomic E-state index is 15.2. The molecular weight excluding hydrogens is 545 g/mol. The first-order valence-corrected chi connectivity index (χ1v) is 14.3. The van der Waals surface area contributed by atoms with Crippen molar-refractivity contribution in [3.63, 3.8) is 0 Å². The van der Waals surface area contributed by atoms with Crippen molar-refractivity contribution in [3.05, 3.63) is 88.7 Å². The van der Waals surface area contributed by atoms with Crippen molar-refractivity contribution in [2.45, 2.75) is 48.9 Å². The van der Waals surface area contributed by atoms with E-state index in [0.717, 1.165) is 48.3 Å². The Balaban J connectivity index is 1.49. The first kappa shape index (κ1) is 28.5. The summed E-state index contributed by atoms with van der Waals surface area (Å²) in [5.41, 5.74) is 4.46. The number of fused-ring (bicyclic) bond motifs is 1. The van der Waals surface area contributed by atoms with Gasteiger partial charge in [-0.1, -0.05) is 42.1 Å². The van der Waals surface area contributed by atoms with Crippen LogP contribution in [0.3, 0.4) is 0 Å². The van der Waals surface area contributed by atoms with E-state index in [1.807, 2.05) is 36.4 Å². The van der Waals surface area contributed by atoms with Crippen molar-refractivity contribution < 1.29 is 31.8 Å². The molecule has 9 heteroatoms. The highest BCUT2D eigenvalue weighted by atomic mass is 32.2. The van der Waals surface area contributed by atoms with Gasteiger partial charge in [-0.3, -0.25) is 14.2 Å². The van der Waals surface area contributed by atoms with E-state index in [4.69, 9.17) is 4.74 Å². The maximum Gasteiger partial charge on any atom is 0.288 e. The third kappa shape index (κ3) is 6.47. The molecule has 3 nitrogen and oxygen atoms in total. The van der Waals surface area contributed by atoms with Gasteiger partial charge in [0.2, 0.25) is 5.75 Å². The Hall–Kier alpha value is -3.04. The Bertz CT molecular complexity index is 1330. The number of benzene rings is 3. The molecule has 1 aliphatic carbocycles. The fourth-order valence-electron chi connectivity index (χ4n) is 5.60. The van der Waals surface area contributed by atoms with E-state index >= 15 is 4.39 Å². The number of nitrogens with zero attached hydrogens (tertiary/aromatic N) is 1. The van der Waals surface area contributed by atoms with Gasteiger partial charge in [0.05, 0.1) is 6.67 Å². The number of allylic oxidation sites excluding steroid dienone is 1. The van der Waals surface area contributed by atoms with Crippen molar-refractivity contribution in [2.24, 2.45) is 0 Å². The lowest BCUT2D eigenvalue weighted by Crippen LogP contribution is -2.26. The molecule has 0 amide bonds. The topological polar surface area (TPSA) is 21.7 Å². The highest BCUT2D eigenvalue weighted by Gasteiger charge is 2.26. The minimum atomic E-state index is -2.51. The molecule has 1 fully saturated rings. The molecule has 1 saturated heterocycles. The van der Waals surface area contributed by atoms with Crippen LogP contribution in [-0.4, -0.2) is 43.1 Å². The number of rotatable bonds is 10.